The summed E-state index contributed by atoms with van der Waals surface area (Å²) in [5.74, 6) is 1.17. The molecule has 4 heteroatoms. The van der Waals surface area contributed by atoms with Crippen molar-refractivity contribution in [2.75, 3.05) is 14.2 Å². The van der Waals surface area contributed by atoms with Crippen molar-refractivity contribution >= 4 is 11.9 Å². The first-order valence-corrected chi connectivity index (χ1v) is 6.49. The zero-order valence-corrected chi connectivity index (χ0v) is 12.3. The van der Waals surface area contributed by atoms with Crippen LogP contribution in [0.5, 0.6) is 0 Å². The van der Waals surface area contributed by atoms with E-state index >= 15 is 0 Å². The molecule has 4 nitrogen and oxygen atoms in total. The van der Waals surface area contributed by atoms with Crippen molar-refractivity contribution in [1.29, 1.82) is 0 Å². The van der Waals surface area contributed by atoms with Crippen LogP contribution in [0.2, 0.25) is 0 Å². The predicted molar refractivity (Wildman–Crippen MR) is 82.5 cm³/mol. The fourth-order valence-corrected chi connectivity index (χ4v) is 2.21. The van der Waals surface area contributed by atoms with Gasteiger partial charge in [-0.05, 0) is 17.2 Å². The Kier molecular flexibility index (Phi) is 4.60. The number of terminal acetylenes is 1. The third-order valence-corrected chi connectivity index (χ3v) is 3.23. The van der Waals surface area contributed by atoms with E-state index in [2.05, 4.69) is 5.92 Å². The fourth-order valence-electron chi connectivity index (χ4n) is 2.21. The highest BCUT2D eigenvalue weighted by Gasteiger charge is 2.24. The maximum atomic E-state index is 12.1. The first-order valence-electron chi connectivity index (χ1n) is 6.49. The highest BCUT2D eigenvalue weighted by molar-refractivity contribution is 6.06. The zero-order chi connectivity index (χ0) is 16.1. The van der Waals surface area contributed by atoms with Gasteiger partial charge in [0.25, 0.3) is 0 Å². The lowest BCUT2D eigenvalue weighted by Crippen LogP contribution is -2.14. The molecule has 0 aromatic heterocycles. The molecule has 110 valence electrons. The van der Waals surface area contributed by atoms with Crippen LogP contribution >= 0.6 is 0 Å². The SMILES string of the molecule is C#Cc1c(-c2ccccc2)ccc(C(=O)OC)c1C(=O)OC. The van der Waals surface area contributed by atoms with E-state index in [9.17, 15) is 9.59 Å². The van der Waals surface area contributed by atoms with Gasteiger partial charge in [-0.25, -0.2) is 9.59 Å². The van der Waals surface area contributed by atoms with Crippen molar-refractivity contribution in [3.05, 3.63) is 59.2 Å². The number of ether oxygens (including phenoxy) is 2. The molecule has 0 saturated carbocycles. The number of carbonyl (C=O) groups is 2. The molecule has 0 unspecified atom stereocenters. The van der Waals surface area contributed by atoms with E-state index in [1.54, 1.807) is 6.07 Å². The summed E-state index contributed by atoms with van der Waals surface area (Å²) in [6, 6.07) is 12.6. The molecule has 0 aliphatic carbocycles. The second kappa shape index (κ2) is 6.59. The molecular weight excluding hydrogens is 280 g/mol. The number of hydrogen-bond donors (Lipinski definition) is 0. The lowest BCUT2D eigenvalue weighted by molar-refractivity contribution is 0.0555. The van der Waals surface area contributed by atoms with Crippen LogP contribution < -0.4 is 0 Å². The van der Waals surface area contributed by atoms with Crippen molar-refractivity contribution in [2.24, 2.45) is 0 Å². The van der Waals surface area contributed by atoms with E-state index in [4.69, 9.17) is 15.9 Å². The van der Waals surface area contributed by atoms with Gasteiger partial charge in [-0.3, -0.25) is 0 Å². The molecule has 0 spiro atoms. The topological polar surface area (TPSA) is 52.6 Å². The van der Waals surface area contributed by atoms with Crippen LogP contribution in [0.1, 0.15) is 26.3 Å². The number of carbonyl (C=O) groups excluding carboxylic acids is 2. The van der Waals surface area contributed by atoms with Gasteiger partial charge in [0, 0.05) is 5.56 Å². The molecule has 0 aliphatic rings. The van der Waals surface area contributed by atoms with Crippen molar-refractivity contribution in [1.82, 2.24) is 0 Å². The van der Waals surface area contributed by atoms with E-state index in [1.165, 1.54) is 20.3 Å². The van der Waals surface area contributed by atoms with Crippen LogP contribution in [0, 0.1) is 12.3 Å². The lowest BCUT2D eigenvalue weighted by Gasteiger charge is -2.13. The van der Waals surface area contributed by atoms with E-state index < -0.39 is 11.9 Å². The summed E-state index contributed by atoms with van der Waals surface area (Å²) in [7, 11) is 2.48. The number of benzene rings is 2. The quantitative estimate of drug-likeness (QED) is 0.645. The highest BCUT2D eigenvalue weighted by Crippen LogP contribution is 2.29. The van der Waals surface area contributed by atoms with Gasteiger partial charge in [0.1, 0.15) is 0 Å². The van der Waals surface area contributed by atoms with E-state index in [-0.39, 0.29) is 11.1 Å². The number of hydrogen-bond acceptors (Lipinski definition) is 4. The molecule has 0 atom stereocenters. The van der Waals surface area contributed by atoms with Gasteiger partial charge >= 0.3 is 11.9 Å². The summed E-state index contributed by atoms with van der Waals surface area (Å²) in [4.78, 5) is 24.0. The maximum absolute atomic E-state index is 12.1. The summed E-state index contributed by atoms with van der Waals surface area (Å²) in [5, 5.41) is 0. The number of methoxy groups -OCH3 is 2. The molecule has 2 rings (SSSR count). The Balaban J connectivity index is 2.78. The molecule has 0 saturated heterocycles. The Bertz CT molecular complexity index is 755. The van der Waals surface area contributed by atoms with E-state index in [1.807, 2.05) is 30.3 Å². The second-order valence-corrected chi connectivity index (χ2v) is 4.40. The van der Waals surface area contributed by atoms with Gasteiger partial charge in [-0.1, -0.05) is 42.3 Å². The van der Waals surface area contributed by atoms with Gasteiger partial charge in [0.05, 0.1) is 25.3 Å². The van der Waals surface area contributed by atoms with Crippen LogP contribution in [-0.2, 0) is 9.47 Å². The Morgan fingerprint density at radius 2 is 1.59 bits per heavy atom. The standard InChI is InChI=1S/C18H14O4/c1-4-13-14(12-8-6-5-7-9-12)10-11-15(17(19)21-2)16(13)18(20)22-3/h1,5-11H,2-3H3. The Morgan fingerprint density at radius 1 is 0.955 bits per heavy atom. The average molecular weight is 294 g/mol. The van der Waals surface area contributed by atoms with Gasteiger partial charge < -0.3 is 9.47 Å². The van der Waals surface area contributed by atoms with Crippen LogP contribution in [0.3, 0.4) is 0 Å². The van der Waals surface area contributed by atoms with E-state index in [0.29, 0.717) is 11.1 Å². The van der Waals surface area contributed by atoms with Crippen LogP contribution in [0.4, 0.5) is 0 Å². The molecule has 0 fully saturated rings. The third-order valence-electron chi connectivity index (χ3n) is 3.23. The normalized spacial score (nSPS) is 9.68. The predicted octanol–water partition coefficient (Wildman–Crippen LogP) is 2.91. The summed E-state index contributed by atoms with van der Waals surface area (Å²) < 4.78 is 9.46. The molecule has 0 amide bonds. The Hall–Kier alpha value is -3.06. The molecule has 0 bridgehead atoms. The molecule has 2 aromatic carbocycles. The largest absolute Gasteiger partial charge is 0.465 e. The van der Waals surface area contributed by atoms with Crippen molar-refractivity contribution in [3.8, 4) is 23.5 Å². The summed E-state index contributed by atoms with van der Waals surface area (Å²) >= 11 is 0. The zero-order valence-electron chi connectivity index (χ0n) is 12.3. The summed E-state index contributed by atoms with van der Waals surface area (Å²) in [6.45, 7) is 0. The maximum Gasteiger partial charge on any atom is 0.340 e. The monoisotopic (exact) mass is 294 g/mol. The molecule has 0 aliphatic heterocycles. The van der Waals surface area contributed by atoms with Gasteiger partial charge in [-0.15, -0.1) is 6.42 Å². The van der Waals surface area contributed by atoms with E-state index in [0.717, 1.165) is 5.56 Å². The molecular formula is C18H14O4. The number of esters is 2. The minimum Gasteiger partial charge on any atom is -0.465 e. The minimum absolute atomic E-state index is 0.0400. The van der Waals surface area contributed by atoms with Gasteiger partial charge in [0.2, 0.25) is 0 Å². The third kappa shape index (κ3) is 2.70. The van der Waals surface area contributed by atoms with Crippen LogP contribution in [0.15, 0.2) is 42.5 Å². The Morgan fingerprint density at radius 3 is 2.14 bits per heavy atom. The summed E-state index contributed by atoms with van der Waals surface area (Å²) in [6.07, 6.45) is 5.58. The molecule has 22 heavy (non-hydrogen) atoms. The van der Waals surface area contributed by atoms with Crippen molar-refractivity contribution in [2.45, 2.75) is 0 Å². The first-order chi connectivity index (χ1) is 10.6. The highest BCUT2D eigenvalue weighted by atomic mass is 16.5. The van der Waals surface area contributed by atoms with Crippen molar-refractivity contribution in [3.63, 3.8) is 0 Å². The lowest BCUT2D eigenvalue weighted by atomic mass is 9.92. The van der Waals surface area contributed by atoms with Gasteiger partial charge in [-0.2, -0.15) is 0 Å². The summed E-state index contributed by atoms with van der Waals surface area (Å²) in [5.41, 5.74) is 1.95. The fraction of sp³-hybridized carbons (Fsp3) is 0.111. The van der Waals surface area contributed by atoms with Crippen LogP contribution in [0.25, 0.3) is 11.1 Å². The number of rotatable bonds is 3. The molecule has 0 N–H and O–H groups in total. The van der Waals surface area contributed by atoms with Gasteiger partial charge in [0.15, 0.2) is 0 Å². The molecule has 0 radical (unpaired) electrons. The molecule has 0 heterocycles. The van der Waals surface area contributed by atoms with Crippen LogP contribution in [-0.4, -0.2) is 26.2 Å². The smallest absolute Gasteiger partial charge is 0.340 e. The minimum atomic E-state index is -0.675. The van der Waals surface area contributed by atoms with Crippen molar-refractivity contribution < 1.29 is 19.1 Å². The average Bonchev–Trinajstić information content (AvgIpc) is 2.59. The Labute approximate surface area is 128 Å². The second-order valence-electron chi connectivity index (χ2n) is 4.40. The molecule has 2 aromatic rings. The first kappa shape index (κ1) is 15.3.